The fraction of sp³-hybridized carbons (Fsp3) is 0.429. The molecule has 5 heteroatoms. The molecule has 0 saturated heterocycles. The van der Waals surface area contributed by atoms with Crippen LogP contribution in [-0.2, 0) is 16.6 Å². The van der Waals surface area contributed by atoms with E-state index in [9.17, 15) is 4.79 Å². The van der Waals surface area contributed by atoms with Gasteiger partial charge in [-0.05, 0) is 19.1 Å². The molecule has 0 aliphatic heterocycles. The van der Waals surface area contributed by atoms with E-state index in [4.69, 9.17) is 0 Å². The van der Waals surface area contributed by atoms with Crippen molar-refractivity contribution >= 4 is 17.0 Å². The lowest BCUT2D eigenvalue weighted by Crippen LogP contribution is -2.24. The number of methoxy groups -OCH3 is 1. The summed E-state index contributed by atoms with van der Waals surface area (Å²) in [6.45, 7) is 2.62. The van der Waals surface area contributed by atoms with Crippen LogP contribution in [0.5, 0.6) is 0 Å². The molecule has 0 amide bonds. The average Bonchev–Trinajstić information content (AvgIpc) is 2.76. The number of para-hydroxylation sites is 2. The van der Waals surface area contributed by atoms with Crippen LogP contribution in [0.1, 0.15) is 25.2 Å². The van der Waals surface area contributed by atoms with E-state index in [-0.39, 0.29) is 12.0 Å². The zero-order valence-corrected chi connectivity index (χ0v) is 11.5. The smallest absolute Gasteiger partial charge is 0.306 e. The molecule has 0 fully saturated rings. The molecule has 102 valence electrons. The van der Waals surface area contributed by atoms with Gasteiger partial charge in [0.25, 0.3) is 0 Å². The number of carbonyl (C=O) groups excluding carboxylic acids is 1. The zero-order chi connectivity index (χ0) is 13.8. The Labute approximate surface area is 112 Å². The number of hydrogen-bond acceptors (Lipinski definition) is 4. The highest BCUT2D eigenvalue weighted by atomic mass is 16.5. The summed E-state index contributed by atoms with van der Waals surface area (Å²) in [5.41, 5.74) is 2.10. The number of aryl methyl sites for hydroxylation is 1. The lowest BCUT2D eigenvalue weighted by Gasteiger charge is -2.13. The van der Waals surface area contributed by atoms with E-state index >= 15 is 0 Å². The second-order valence-corrected chi connectivity index (χ2v) is 4.52. The van der Waals surface area contributed by atoms with Gasteiger partial charge in [0.15, 0.2) is 0 Å². The molecule has 0 spiro atoms. The van der Waals surface area contributed by atoms with Gasteiger partial charge >= 0.3 is 5.97 Å². The summed E-state index contributed by atoms with van der Waals surface area (Å²) in [6.07, 6.45) is 0.366. The van der Waals surface area contributed by atoms with E-state index < -0.39 is 0 Å². The lowest BCUT2D eigenvalue weighted by atomic mass is 10.3. The van der Waals surface area contributed by atoms with Crippen molar-refractivity contribution < 1.29 is 9.53 Å². The van der Waals surface area contributed by atoms with Gasteiger partial charge in [0.2, 0.25) is 0 Å². The summed E-state index contributed by atoms with van der Waals surface area (Å²) >= 11 is 0. The number of nitrogens with one attached hydrogen (secondary N) is 1. The van der Waals surface area contributed by atoms with Gasteiger partial charge in [-0.25, -0.2) is 4.98 Å². The fourth-order valence-electron chi connectivity index (χ4n) is 2.14. The van der Waals surface area contributed by atoms with Crippen LogP contribution < -0.4 is 5.32 Å². The predicted molar refractivity (Wildman–Crippen MR) is 73.8 cm³/mol. The highest BCUT2D eigenvalue weighted by Crippen LogP contribution is 2.18. The van der Waals surface area contributed by atoms with Crippen molar-refractivity contribution in [1.82, 2.24) is 14.9 Å². The van der Waals surface area contributed by atoms with Crippen LogP contribution >= 0.6 is 0 Å². The molecule has 1 atom stereocenters. The first-order valence-corrected chi connectivity index (χ1v) is 6.35. The lowest BCUT2D eigenvalue weighted by molar-refractivity contribution is -0.140. The summed E-state index contributed by atoms with van der Waals surface area (Å²) in [6, 6.07) is 8.12. The number of aromatic nitrogens is 2. The van der Waals surface area contributed by atoms with Gasteiger partial charge in [-0.2, -0.15) is 0 Å². The number of imidazole rings is 1. The minimum Gasteiger partial charge on any atom is -0.469 e. The molecule has 19 heavy (non-hydrogen) atoms. The minimum atomic E-state index is -0.204. The Balaban J connectivity index is 2.07. The summed E-state index contributed by atoms with van der Waals surface area (Å²) in [7, 11) is 3.40. The van der Waals surface area contributed by atoms with Crippen LogP contribution in [0.25, 0.3) is 11.0 Å². The Hall–Kier alpha value is -1.88. The number of esters is 1. The molecule has 1 aromatic heterocycles. The molecule has 0 aliphatic rings. The Bertz CT molecular complexity index is 577. The third kappa shape index (κ3) is 2.93. The number of fused-ring (bicyclic) bond motifs is 1. The van der Waals surface area contributed by atoms with E-state index in [1.165, 1.54) is 7.11 Å². The number of benzene rings is 1. The van der Waals surface area contributed by atoms with Crippen LogP contribution in [0.3, 0.4) is 0 Å². The Kier molecular flexibility index (Phi) is 4.16. The topological polar surface area (TPSA) is 56.1 Å². The average molecular weight is 261 g/mol. The first kappa shape index (κ1) is 13.5. The molecular weight excluding hydrogens is 242 g/mol. The van der Waals surface area contributed by atoms with Crippen LogP contribution in [0.4, 0.5) is 0 Å². The highest BCUT2D eigenvalue weighted by molar-refractivity contribution is 5.75. The quantitative estimate of drug-likeness (QED) is 0.834. The van der Waals surface area contributed by atoms with Gasteiger partial charge < -0.3 is 14.6 Å². The molecule has 1 heterocycles. The van der Waals surface area contributed by atoms with Crippen LogP contribution in [0, 0.1) is 0 Å². The maximum atomic E-state index is 11.1. The molecule has 1 N–H and O–H groups in total. The van der Waals surface area contributed by atoms with Crippen molar-refractivity contribution in [2.45, 2.75) is 19.4 Å². The first-order valence-electron chi connectivity index (χ1n) is 6.35. The molecule has 0 saturated carbocycles. The van der Waals surface area contributed by atoms with Gasteiger partial charge in [-0.3, -0.25) is 4.79 Å². The SMILES string of the molecule is COC(=O)CCNC(C)c1nc2ccccc2n1C. The number of rotatable bonds is 5. The van der Waals surface area contributed by atoms with Gasteiger partial charge in [0, 0.05) is 13.6 Å². The highest BCUT2D eigenvalue weighted by Gasteiger charge is 2.13. The van der Waals surface area contributed by atoms with Gasteiger partial charge in [-0.15, -0.1) is 0 Å². The monoisotopic (exact) mass is 261 g/mol. The Morgan fingerprint density at radius 2 is 2.21 bits per heavy atom. The standard InChI is InChI=1S/C14H19N3O2/c1-10(15-9-8-13(18)19-3)14-16-11-6-4-5-7-12(11)17(14)2/h4-7,10,15H,8-9H2,1-3H3. The van der Waals surface area contributed by atoms with E-state index in [1.807, 2.05) is 38.2 Å². The molecule has 1 unspecified atom stereocenters. The number of nitrogens with zero attached hydrogens (tertiary/aromatic N) is 2. The number of carbonyl (C=O) groups is 1. The van der Waals surface area contributed by atoms with Crippen LogP contribution in [0.15, 0.2) is 24.3 Å². The molecule has 0 bridgehead atoms. The zero-order valence-electron chi connectivity index (χ0n) is 11.5. The molecular formula is C14H19N3O2. The van der Waals surface area contributed by atoms with Crippen molar-refractivity contribution in [3.8, 4) is 0 Å². The molecule has 1 aromatic carbocycles. The minimum absolute atomic E-state index is 0.0852. The Morgan fingerprint density at radius 1 is 1.47 bits per heavy atom. The van der Waals surface area contributed by atoms with Crippen molar-refractivity contribution in [3.63, 3.8) is 0 Å². The number of ether oxygens (including phenoxy) is 1. The molecule has 2 aromatic rings. The second-order valence-electron chi connectivity index (χ2n) is 4.52. The van der Waals surface area contributed by atoms with Gasteiger partial charge in [0.1, 0.15) is 5.82 Å². The van der Waals surface area contributed by atoms with E-state index in [0.717, 1.165) is 16.9 Å². The molecule has 0 radical (unpaired) electrons. The summed E-state index contributed by atoms with van der Waals surface area (Å²) in [5.74, 6) is 0.760. The van der Waals surface area contributed by atoms with E-state index in [1.54, 1.807) is 0 Å². The van der Waals surface area contributed by atoms with E-state index in [0.29, 0.717) is 13.0 Å². The maximum absolute atomic E-state index is 11.1. The van der Waals surface area contributed by atoms with Crippen LogP contribution in [-0.4, -0.2) is 29.2 Å². The van der Waals surface area contributed by atoms with Crippen molar-refractivity contribution in [1.29, 1.82) is 0 Å². The summed E-state index contributed by atoms with van der Waals surface area (Å²) in [5, 5.41) is 3.28. The largest absolute Gasteiger partial charge is 0.469 e. The van der Waals surface area contributed by atoms with Crippen molar-refractivity contribution in [2.75, 3.05) is 13.7 Å². The number of hydrogen-bond donors (Lipinski definition) is 1. The van der Waals surface area contributed by atoms with Crippen LogP contribution in [0.2, 0.25) is 0 Å². The van der Waals surface area contributed by atoms with Gasteiger partial charge in [0.05, 0.1) is 30.6 Å². The third-order valence-electron chi connectivity index (χ3n) is 3.22. The first-order chi connectivity index (χ1) is 9.13. The molecule has 5 nitrogen and oxygen atoms in total. The normalized spacial score (nSPS) is 12.6. The predicted octanol–water partition coefficient (Wildman–Crippen LogP) is 1.79. The molecule has 0 aliphatic carbocycles. The maximum Gasteiger partial charge on any atom is 0.306 e. The fourth-order valence-corrected chi connectivity index (χ4v) is 2.14. The third-order valence-corrected chi connectivity index (χ3v) is 3.22. The summed E-state index contributed by atoms with van der Waals surface area (Å²) < 4.78 is 6.68. The van der Waals surface area contributed by atoms with E-state index in [2.05, 4.69) is 19.6 Å². The molecule has 2 rings (SSSR count). The van der Waals surface area contributed by atoms with Gasteiger partial charge in [-0.1, -0.05) is 12.1 Å². The summed E-state index contributed by atoms with van der Waals surface area (Å²) in [4.78, 5) is 15.7. The Morgan fingerprint density at radius 3 is 2.89 bits per heavy atom. The second kappa shape index (κ2) is 5.84. The van der Waals surface area contributed by atoms with Crippen molar-refractivity contribution in [2.24, 2.45) is 7.05 Å². The van der Waals surface area contributed by atoms with Crippen molar-refractivity contribution in [3.05, 3.63) is 30.1 Å².